The number of hydrogen-bond donors (Lipinski definition) is 1. The van der Waals surface area contributed by atoms with Gasteiger partial charge in [0.2, 0.25) is 0 Å². The van der Waals surface area contributed by atoms with Crippen molar-refractivity contribution in [3.8, 4) is 0 Å². The highest BCUT2D eigenvalue weighted by Gasteiger charge is 2.32. The summed E-state index contributed by atoms with van der Waals surface area (Å²) in [6, 6.07) is 0. The molecule has 0 amide bonds. The van der Waals surface area contributed by atoms with Gasteiger partial charge >= 0.3 is 7.67 Å². The van der Waals surface area contributed by atoms with Crippen LogP contribution in [0.4, 0.5) is 0 Å². The summed E-state index contributed by atoms with van der Waals surface area (Å²) < 4.78 is 123. The van der Waals surface area contributed by atoms with E-state index in [1.807, 2.05) is 0 Å². The van der Waals surface area contributed by atoms with Crippen LogP contribution >= 0.6 is 30.9 Å². The zero-order chi connectivity index (χ0) is 23.0. The Morgan fingerprint density at radius 3 is 2.71 bits per heavy atom. The van der Waals surface area contributed by atoms with Gasteiger partial charge in [-0.15, -0.1) is 23.2 Å². The van der Waals surface area contributed by atoms with Crippen molar-refractivity contribution in [1.29, 1.82) is 0 Å². The van der Waals surface area contributed by atoms with E-state index < -0.39 is 56.4 Å². The molecular formula is C7H15Cl2N2O2P. The molecule has 1 saturated heterocycles. The molecule has 84 valence electrons. The lowest BCUT2D eigenvalue weighted by molar-refractivity contribution is 0.233. The van der Waals surface area contributed by atoms with Gasteiger partial charge in [-0.2, -0.15) is 0 Å². The lowest BCUT2D eigenvalue weighted by Gasteiger charge is -2.33. The second-order valence-electron chi connectivity index (χ2n) is 1.80. The topological polar surface area (TPSA) is 41.6 Å². The number of hydrogen-bond acceptors (Lipinski definition) is 2. The molecule has 1 aliphatic rings. The summed E-state index contributed by atoms with van der Waals surface area (Å²) in [4.78, 5) is 0. The van der Waals surface area contributed by atoms with Crippen LogP contribution in [0.2, 0.25) is 0 Å². The second kappa shape index (κ2) is 6.31. The summed E-state index contributed by atoms with van der Waals surface area (Å²) in [5, 5.41) is 1.32. The molecule has 1 aliphatic heterocycles. The van der Waals surface area contributed by atoms with Gasteiger partial charge in [-0.1, -0.05) is 0 Å². The van der Waals surface area contributed by atoms with Crippen LogP contribution in [0.15, 0.2) is 0 Å². The smallest absolute Gasteiger partial charge is 0.306 e. The lowest BCUT2D eigenvalue weighted by Crippen LogP contribution is -2.35. The minimum absolute atomic E-state index is 0.808. The van der Waals surface area contributed by atoms with Crippen LogP contribution in [0, 0.1) is 0 Å². The van der Waals surface area contributed by atoms with Crippen LogP contribution in [-0.2, 0) is 9.09 Å². The van der Waals surface area contributed by atoms with Gasteiger partial charge in [0.25, 0.3) is 0 Å². The second-order valence-corrected chi connectivity index (χ2v) is 4.02. The Kier molecular flexibility index (Phi) is 1.51. The molecule has 0 aliphatic carbocycles. The molecule has 0 saturated carbocycles. The van der Waals surface area contributed by atoms with E-state index in [0.717, 1.165) is 0 Å². The van der Waals surface area contributed by atoms with Crippen LogP contribution in [0.25, 0.3) is 0 Å². The van der Waals surface area contributed by atoms with Crippen molar-refractivity contribution < 1.29 is 28.3 Å². The Morgan fingerprint density at radius 2 is 2.21 bits per heavy atom. The highest BCUT2D eigenvalue weighted by atomic mass is 35.5. The van der Waals surface area contributed by atoms with E-state index in [4.69, 9.17) is 42.4 Å². The van der Waals surface area contributed by atoms with E-state index in [9.17, 15) is 4.57 Å². The molecule has 14 heavy (non-hydrogen) atoms. The largest absolute Gasteiger partial charge is 0.343 e. The van der Waals surface area contributed by atoms with Crippen LogP contribution in [0.3, 0.4) is 0 Å². The van der Waals surface area contributed by atoms with Crippen LogP contribution < -0.4 is 5.09 Å². The zero-order valence-electron chi connectivity index (χ0n) is 20.5. The molecule has 1 rings (SSSR count). The maximum absolute atomic E-state index is 13.3. The maximum Gasteiger partial charge on any atom is 0.343 e. The van der Waals surface area contributed by atoms with E-state index in [0.29, 0.717) is 0 Å². The molecule has 1 unspecified atom stereocenters. The predicted molar refractivity (Wildman–Crippen MR) is 59.2 cm³/mol. The van der Waals surface area contributed by atoms with Gasteiger partial charge in [-0.05, 0) is 6.37 Å². The quantitative estimate of drug-likeness (QED) is 0.614. The minimum atomic E-state index is -5.79. The third kappa shape index (κ3) is 3.37. The molecule has 0 aromatic heterocycles. The monoisotopic (exact) mass is 274 g/mol. The Morgan fingerprint density at radius 1 is 1.57 bits per heavy atom. The van der Waals surface area contributed by atoms with E-state index in [2.05, 4.69) is 4.52 Å². The SMILES string of the molecule is [2H]C([2H])(Cl)C([2H])([2H])N(C([2H])([2H])C([2H])([2H])Cl)P1(=O)NC([2H])([2H])C([2H])([2H])C([2H])([2H])O1. The highest BCUT2D eigenvalue weighted by molar-refractivity contribution is 7.54. The molecule has 1 N–H and O–H groups in total. The fraction of sp³-hybridized carbons (Fsp3) is 1.00. The number of rotatable bonds is 5. The number of nitrogens with one attached hydrogen (secondary N) is 1. The van der Waals surface area contributed by atoms with Gasteiger partial charge in [-0.3, -0.25) is 4.57 Å². The highest BCUT2D eigenvalue weighted by Crippen LogP contribution is 2.47. The van der Waals surface area contributed by atoms with E-state index in [1.54, 1.807) is 0 Å². The Labute approximate surface area is 114 Å². The Bertz CT molecular complexity index is 626. The maximum atomic E-state index is 13.3. The van der Waals surface area contributed by atoms with Gasteiger partial charge in [0.05, 0.1) is 9.30 Å². The first-order chi connectivity index (χ1) is 11.8. The molecule has 0 bridgehead atoms. The first kappa shape index (κ1) is 3.34. The Balaban J connectivity index is 3.85. The average molecular weight is 275 g/mol. The molecule has 4 nitrogen and oxygen atoms in total. The van der Waals surface area contributed by atoms with E-state index in [1.165, 1.54) is 5.09 Å². The van der Waals surface area contributed by atoms with Gasteiger partial charge in [0.15, 0.2) is 0 Å². The van der Waals surface area contributed by atoms with Crippen molar-refractivity contribution in [2.24, 2.45) is 0 Å². The molecule has 1 atom stereocenters. The summed E-state index contributed by atoms with van der Waals surface area (Å²) in [5.41, 5.74) is 0. The number of halogens is 2. The summed E-state index contributed by atoms with van der Waals surface area (Å²) in [7, 11) is -5.79. The van der Waals surface area contributed by atoms with Crippen molar-refractivity contribution in [3.05, 3.63) is 0 Å². The Hall–Kier alpha value is 0.690. The lowest BCUT2D eigenvalue weighted by atomic mass is 10.5. The molecule has 1 fully saturated rings. The number of alkyl halides is 2. The van der Waals surface area contributed by atoms with Crippen LogP contribution in [-0.4, -0.2) is 42.4 Å². The molecule has 0 spiro atoms. The molecule has 0 radical (unpaired) electrons. The summed E-state index contributed by atoms with van der Waals surface area (Å²) in [6.45, 7) is -15.2. The van der Waals surface area contributed by atoms with Crippen LogP contribution in [0.5, 0.6) is 0 Å². The first-order valence-electron chi connectivity index (χ1n) is 10.1. The zero-order valence-corrected chi connectivity index (χ0v) is 8.87. The standard InChI is InChI=1S/C7H15Cl2N2O2P/c8-2-5-11(6-3-9)14(12)10-4-1-7-13-14/h1-7H2,(H,10,12)/i1D2,2D2,3D2,4D2,5D2,6D2,7D2. The van der Waals surface area contributed by atoms with Crippen molar-refractivity contribution in [3.63, 3.8) is 0 Å². The van der Waals surface area contributed by atoms with Crippen molar-refractivity contribution >= 4 is 30.9 Å². The molecule has 7 heteroatoms. The van der Waals surface area contributed by atoms with E-state index >= 15 is 0 Å². The summed E-state index contributed by atoms with van der Waals surface area (Å²) in [5.74, 6) is -7.22. The van der Waals surface area contributed by atoms with Gasteiger partial charge < -0.3 is 4.52 Å². The normalized spacial score (nSPS) is 57.9. The molecular weight excluding hydrogens is 246 g/mol. The third-order valence-electron chi connectivity index (χ3n) is 1.04. The molecule has 1 heterocycles. The van der Waals surface area contributed by atoms with Crippen molar-refractivity contribution in [2.75, 3.05) is 37.7 Å². The first-order valence-corrected chi connectivity index (χ1v) is 5.40. The molecule has 0 aromatic carbocycles. The van der Waals surface area contributed by atoms with E-state index in [-0.39, 0.29) is 0 Å². The van der Waals surface area contributed by atoms with Crippen molar-refractivity contribution in [2.45, 2.75) is 6.37 Å². The van der Waals surface area contributed by atoms with Crippen LogP contribution in [0.1, 0.15) is 25.6 Å². The third-order valence-corrected chi connectivity index (χ3v) is 2.67. The number of nitrogens with zero attached hydrogens (tertiary/aromatic N) is 1. The summed E-state index contributed by atoms with van der Waals surface area (Å²) in [6.07, 6.45) is -3.54. The van der Waals surface area contributed by atoms with Crippen molar-refractivity contribution in [1.82, 2.24) is 9.76 Å². The fourth-order valence-electron chi connectivity index (χ4n) is 0.562. The fourth-order valence-corrected chi connectivity index (χ4v) is 1.81. The van der Waals surface area contributed by atoms with Gasteiger partial charge in [0, 0.05) is 47.6 Å². The van der Waals surface area contributed by atoms with Gasteiger partial charge in [-0.25, -0.2) is 9.76 Å². The average Bonchev–Trinajstić information content (AvgIpc) is 2.30. The van der Waals surface area contributed by atoms with Gasteiger partial charge in [0.1, 0.15) is 0 Å². The molecule has 0 aromatic rings. The predicted octanol–water partition coefficient (Wildman–Crippen LogP) is 1.88. The summed E-state index contributed by atoms with van der Waals surface area (Å²) >= 11 is 10.5. The minimum Gasteiger partial charge on any atom is -0.306 e.